The van der Waals surface area contributed by atoms with Gasteiger partial charge in [0, 0.05) is 5.25 Å². The van der Waals surface area contributed by atoms with Gasteiger partial charge in [-0.15, -0.1) is 0 Å². The van der Waals surface area contributed by atoms with E-state index in [1.54, 1.807) is 0 Å². The van der Waals surface area contributed by atoms with Gasteiger partial charge in [-0.2, -0.15) is 11.8 Å². The first-order chi connectivity index (χ1) is 7.85. The van der Waals surface area contributed by atoms with E-state index in [2.05, 4.69) is 36.6 Å². The average Bonchev–Trinajstić information content (AvgIpc) is 2.39. The third-order valence-electron chi connectivity index (χ3n) is 3.81. The van der Waals surface area contributed by atoms with Gasteiger partial charge in [0.2, 0.25) is 0 Å². The van der Waals surface area contributed by atoms with Gasteiger partial charge >= 0.3 is 0 Å². The van der Waals surface area contributed by atoms with Crippen LogP contribution >= 0.6 is 11.8 Å². The Balaban J connectivity index is 2.05. The molecule has 3 unspecified atom stereocenters. The summed E-state index contributed by atoms with van der Waals surface area (Å²) in [6.45, 7) is 0.854. The van der Waals surface area contributed by atoms with Gasteiger partial charge in [-0.1, -0.05) is 30.3 Å². The van der Waals surface area contributed by atoms with Crippen molar-refractivity contribution in [2.45, 2.75) is 30.4 Å². The summed E-state index contributed by atoms with van der Waals surface area (Å²) in [5, 5.41) is 0.754. The zero-order chi connectivity index (χ0) is 11.4. The van der Waals surface area contributed by atoms with E-state index >= 15 is 0 Å². The second kappa shape index (κ2) is 5.74. The number of benzene rings is 1. The molecule has 0 amide bonds. The maximum Gasteiger partial charge on any atom is 0.00903 e. The van der Waals surface area contributed by atoms with Crippen LogP contribution in [0.3, 0.4) is 0 Å². The lowest BCUT2D eigenvalue weighted by Crippen LogP contribution is -2.31. The molecule has 16 heavy (non-hydrogen) atoms. The van der Waals surface area contributed by atoms with Gasteiger partial charge in [0.25, 0.3) is 0 Å². The summed E-state index contributed by atoms with van der Waals surface area (Å²) in [7, 11) is 0. The van der Waals surface area contributed by atoms with Crippen molar-refractivity contribution in [2.24, 2.45) is 11.7 Å². The average molecular weight is 235 g/mol. The minimum atomic E-state index is 0.731. The third-order valence-corrected chi connectivity index (χ3v) is 4.99. The van der Waals surface area contributed by atoms with Crippen LogP contribution in [-0.2, 0) is 0 Å². The molecule has 1 nitrogen and oxygen atoms in total. The summed E-state index contributed by atoms with van der Waals surface area (Å²) < 4.78 is 0. The second-order valence-electron chi connectivity index (χ2n) is 4.69. The van der Waals surface area contributed by atoms with Crippen LogP contribution in [0.1, 0.15) is 30.7 Å². The van der Waals surface area contributed by atoms with Crippen molar-refractivity contribution in [1.82, 2.24) is 0 Å². The summed E-state index contributed by atoms with van der Waals surface area (Å²) in [5.74, 6) is 1.48. The van der Waals surface area contributed by atoms with Gasteiger partial charge in [0.15, 0.2) is 0 Å². The van der Waals surface area contributed by atoms with E-state index in [0.29, 0.717) is 0 Å². The lowest BCUT2D eigenvalue weighted by molar-refractivity contribution is 0.344. The highest BCUT2D eigenvalue weighted by Crippen LogP contribution is 2.40. The fraction of sp³-hybridized carbons (Fsp3) is 0.571. The first-order valence-corrected chi connectivity index (χ1v) is 7.41. The fourth-order valence-electron chi connectivity index (χ4n) is 2.78. The Kier molecular flexibility index (Phi) is 4.30. The van der Waals surface area contributed by atoms with Crippen LogP contribution in [0, 0.1) is 5.92 Å². The van der Waals surface area contributed by atoms with Crippen molar-refractivity contribution in [2.75, 3.05) is 12.8 Å². The van der Waals surface area contributed by atoms with Crippen molar-refractivity contribution in [3.63, 3.8) is 0 Å². The second-order valence-corrected chi connectivity index (χ2v) is 5.77. The van der Waals surface area contributed by atoms with Crippen LogP contribution in [0.25, 0.3) is 0 Å². The van der Waals surface area contributed by atoms with Crippen molar-refractivity contribution >= 4 is 11.8 Å². The molecule has 0 saturated heterocycles. The van der Waals surface area contributed by atoms with Crippen LogP contribution in [0.15, 0.2) is 30.3 Å². The van der Waals surface area contributed by atoms with Crippen LogP contribution < -0.4 is 5.73 Å². The van der Waals surface area contributed by atoms with Gasteiger partial charge in [0.1, 0.15) is 0 Å². The molecule has 2 rings (SSSR count). The minimum absolute atomic E-state index is 0.731. The molecule has 0 bridgehead atoms. The number of thioether (sulfide) groups is 1. The molecular weight excluding hydrogens is 214 g/mol. The predicted molar refractivity (Wildman–Crippen MR) is 72.9 cm³/mol. The standard InChI is InChI=1S/C14H21NS/c1-16-14-9-12(7-8-13(14)10-15)11-5-3-2-4-6-11/h2-6,12-14H,7-10,15H2,1H3. The summed E-state index contributed by atoms with van der Waals surface area (Å²) in [6.07, 6.45) is 6.12. The predicted octanol–water partition coefficient (Wildman–Crippen LogP) is 3.26. The smallest absolute Gasteiger partial charge is 0.00903 e. The number of hydrogen-bond acceptors (Lipinski definition) is 2. The Morgan fingerprint density at radius 3 is 2.62 bits per heavy atom. The summed E-state index contributed by atoms with van der Waals surface area (Å²) in [5.41, 5.74) is 7.35. The quantitative estimate of drug-likeness (QED) is 0.870. The topological polar surface area (TPSA) is 26.0 Å². The van der Waals surface area contributed by atoms with Crippen molar-refractivity contribution < 1.29 is 0 Å². The molecule has 2 N–H and O–H groups in total. The Labute approximate surface area is 103 Å². The molecule has 1 fully saturated rings. The van der Waals surface area contributed by atoms with E-state index in [4.69, 9.17) is 5.73 Å². The van der Waals surface area contributed by atoms with Crippen molar-refractivity contribution in [3.8, 4) is 0 Å². The highest BCUT2D eigenvalue weighted by Gasteiger charge is 2.29. The van der Waals surface area contributed by atoms with E-state index in [-0.39, 0.29) is 0 Å². The Morgan fingerprint density at radius 2 is 2.00 bits per heavy atom. The highest BCUT2D eigenvalue weighted by molar-refractivity contribution is 7.99. The van der Waals surface area contributed by atoms with Gasteiger partial charge < -0.3 is 5.73 Å². The molecule has 3 atom stereocenters. The Morgan fingerprint density at radius 1 is 1.25 bits per heavy atom. The molecule has 88 valence electrons. The molecule has 1 saturated carbocycles. The monoisotopic (exact) mass is 235 g/mol. The Bertz CT molecular complexity index is 312. The Hall–Kier alpha value is -0.470. The van der Waals surface area contributed by atoms with Crippen LogP contribution in [0.2, 0.25) is 0 Å². The van der Waals surface area contributed by atoms with E-state index in [1.165, 1.54) is 24.8 Å². The number of hydrogen-bond donors (Lipinski definition) is 1. The van der Waals surface area contributed by atoms with Gasteiger partial charge in [-0.05, 0) is 49.5 Å². The normalized spacial score (nSPS) is 30.2. The molecule has 1 aliphatic rings. The zero-order valence-corrected chi connectivity index (χ0v) is 10.7. The van der Waals surface area contributed by atoms with Gasteiger partial charge in [-0.25, -0.2) is 0 Å². The molecule has 2 heteroatoms. The molecule has 1 aliphatic carbocycles. The minimum Gasteiger partial charge on any atom is -0.330 e. The molecule has 1 aromatic carbocycles. The number of rotatable bonds is 3. The summed E-state index contributed by atoms with van der Waals surface area (Å²) in [4.78, 5) is 0. The third kappa shape index (κ3) is 2.61. The maximum atomic E-state index is 5.84. The summed E-state index contributed by atoms with van der Waals surface area (Å²) >= 11 is 2.00. The molecule has 1 aromatic rings. The fourth-order valence-corrected chi connectivity index (χ4v) is 3.83. The zero-order valence-electron chi connectivity index (χ0n) is 9.93. The lowest BCUT2D eigenvalue weighted by Gasteiger charge is -2.34. The SMILES string of the molecule is CSC1CC(c2ccccc2)CCC1CN. The van der Waals surface area contributed by atoms with Gasteiger partial charge in [-0.3, -0.25) is 0 Å². The van der Waals surface area contributed by atoms with Crippen molar-refractivity contribution in [1.29, 1.82) is 0 Å². The van der Waals surface area contributed by atoms with E-state index in [9.17, 15) is 0 Å². The highest BCUT2D eigenvalue weighted by atomic mass is 32.2. The lowest BCUT2D eigenvalue weighted by atomic mass is 9.78. The van der Waals surface area contributed by atoms with Crippen molar-refractivity contribution in [3.05, 3.63) is 35.9 Å². The van der Waals surface area contributed by atoms with Crippen LogP contribution in [0.5, 0.6) is 0 Å². The first-order valence-electron chi connectivity index (χ1n) is 6.13. The molecule has 0 spiro atoms. The largest absolute Gasteiger partial charge is 0.330 e. The van der Waals surface area contributed by atoms with E-state index in [0.717, 1.165) is 23.6 Å². The maximum absolute atomic E-state index is 5.84. The number of nitrogens with two attached hydrogens (primary N) is 1. The molecule has 0 radical (unpaired) electrons. The van der Waals surface area contributed by atoms with Crippen LogP contribution in [0.4, 0.5) is 0 Å². The first kappa shape index (κ1) is 12.0. The van der Waals surface area contributed by atoms with Gasteiger partial charge in [0.05, 0.1) is 0 Å². The molecule has 0 heterocycles. The molecule has 0 aromatic heterocycles. The van der Waals surface area contributed by atoms with Crippen LogP contribution in [-0.4, -0.2) is 18.1 Å². The molecular formula is C14H21NS. The molecule has 0 aliphatic heterocycles. The van der Waals surface area contributed by atoms with E-state index in [1.807, 2.05) is 11.8 Å². The van der Waals surface area contributed by atoms with E-state index < -0.39 is 0 Å². The summed E-state index contributed by atoms with van der Waals surface area (Å²) in [6, 6.07) is 10.9.